The summed E-state index contributed by atoms with van der Waals surface area (Å²) in [6, 6.07) is 12.0. The third-order valence-corrected chi connectivity index (χ3v) is 8.58. The van der Waals surface area contributed by atoms with Crippen LogP contribution in [0.1, 0.15) is 70.0 Å². The SMILES string of the molecule is CC(C)(C)[C@H]1[C@H](NCc2cc(Cl)c3c(c2)OCO3)[C@H](c2ccccc2)N(C(=O)C2CCCCC2)[C@@H]1C(=O)O. The van der Waals surface area contributed by atoms with Crippen LogP contribution < -0.4 is 14.8 Å². The van der Waals surface area contributed by atoms with Crippen molar-refractivity contribution >= 4 is 23.5 Å². The zero-order chi connectivity index (χ0) is 27.0. The number of carbonyl (C=O) groups is 2. The number of carbonyl (C=O) groups excluding carboxylic acids is 1. The van der Waals surface area contributed by atoms with Crippen LogP contribution in [0.4, 0.5) is 0 Å². The number of halogens is 1. The first-order valence-corrected chi connectivity index (χ1v) is 14.0. The van der Waals surface area contributed by atoms with E-state index in [1.54, 1.807) is 4.90 Å². The lowest BCUT2D eigenvalue weighted by Crippen LogP contribution is -2.49. The smallest absolute Gasteiger partial charge is 0.326 e. The van der Waals surface area contributed by atoms with E-state index in [0.29, 0.717) is 23.1 Å². The highest BCUT2D eigenvalue weighted by Gasteiger charge is 2.58. The van der Waals surface area contributed by atoms with Crippen molar-refractivity contribution in [1.29, 1.82) is 0 Å². The molecule has 2 aromatic rings. The Hall–Kier alpha value is -2.77. The molecule has 8 heteroatoms. The normalized spacial score (nSPS) is 25.5. The Bertz CT molecular complexity index is 1180. The molecule has 38 heavy (non-hydrogen) atoms. The van der Waals surface area contributed by atoms with Crippen LogP contribution in [0.5, 0.6) is 11.5 Å². The number of fused-ring (bicyclic) bond motifs is 1. The number of ether oxygens (including phenoxy) is 2. The minimum absolute atomic E-state index is 0.0318. The van der Waals surface area contributed by atoms with E-state index in [-0.39, 0.29) is 36.0 Å². The Labute approximate surface area is 229 Å². The molecular weight excluding hydrogens is 504 g/mol. The van der Waals surface area contributed by atoms with Gasteiger partial charge in [0.15, 0.2) is 11.5 Å². The lowest BCUT2D eigenvalue weighted by atomic mass is 9.72. The summed E-state index contributed by atoms with van der Waals surface area (Å²) < 4.78 is 11.0. The van der Waals surface area contributed by atoms with Crippen LogP contribution in [0.3, 0.4) is 0 Å². The van der Waals surface area contributed by atoms with Crippen LogP contribution in [0.25, 0.3) is 0 Å². The van der Waals surface area contributed by atoms with E-state index in [1.807, 2.05) is 42.5 Å². The molecule has 1 amide bonds. The molecule has 1 aliphatic carbocycles. The summed E-state index contributed by atoms with van der Waals surface area (Å²) in [5.41, 5.74) is 1.46. The van der Waals surface area contributed by atoms with Crippen LogP contribution in [0.15, 0.2) is 42.5 Å². The number of benzene rings is 2. The lowest BCUT2D eigenvalue weighted by Gasteiger charge is -2.36. The molecule has 3 aliphatic rings. The average Bonchev–Trinajstić information content (AvgIpc) is 3.51. The highest BCUT2D eigenvalue weighted by Crippen LogP contribution is 2.49. The zero-order valence-corrected chi connectivity index (χ0v) is 23.0. The number of nitrogens with zero attached hydrogens (tertiary/aromatic N) is 1. The second-order valence-electron chi connectivity index (χ2n) is 11.8. The number of hydrogen-bond donors (Lipinski definition) is 2. The molecule has 5 rings (SSSR count). The Morgan fingerprint density at radius 1 is 1.08 bits per heavy atom. The van der Waals surface area contributed by atoms with Gasteiger partial charge in [0.2, 0.25) is 12.7 Å². The molecule has 2 fully saturated rings. The van der Waals surface area contributed by atoms with Gasteiger partial charge in [-0.2, -0.15) is 0 Å². The predicted molar refractivity (Wildman–Crippen MR) is 145 cm³/mol. The number of nitrogens with one attached hydrogen (secondary N) is 1. The number of rotatable bonds is 6. The molecule has 0 spiro atoms. The molecule has 0 unspecified atom stereocenters. The maximum absolute atomic E-state index is 14.2. The van der Waals surface area contributed by atoms with E-state index in [9.17, 15) is 14.7 Å². The largest absolute Gasteiger partial charge is 0.480 e. The second-order valence-corrected chi connectivity index (χ2v) is 12.2. The molecule has 204 valence electrons. The summed E-state index contributed by atoms with van der Waals surface area (Å²) in [4.78, 5) is 28.8. The van der Waals surface area contributed by atoms with E-state index < -0.39 is 18.1 Å². The van der Waals surface area contributed by atoms with Gasteiger partial charge >= 0.3 is 5.97 Å². The number of carboxylic acids is 1. The van der Waals surface area contributed by atoms with Gasteiger partial charge in [0.25, 0.3) is 0 Å². The van der Waals surface area contributed by atoms with Crippen LogP contribution in [-0.2, 0) is 16.1 Å². The van der Waals surface area contributed by atoms with Crippen LogP contribution in [0, 0.1) is 17.3 Å². The van der Waals surface area contributed by atoms with Gasteiger partial charge in [-0.25, -0.2) is 4.79 Å². The zero-order valence-electron chi connectivity index (χ0n) is 22.3. The van der Waals surface area contributed by atoms with Crippen molar-refractivity contribution in [3.63, 3.8) is 0 Å². The van der Waals surface area contributed by atoms with Crippen molar-refractivity contribution < 1.29 is 24.2 Å². The Morgan fingerprint density at radius 2 is 1.79 bits per heavy atom. The van der Waals surface area contributed by atoms with E-state index in [4.69, 9.17) is 21.1 Å². The van der Waals surface area contributed by atoms with E-state index in [0.717, 1.165) is 43.2 Å². The highest BCUT2D eigenvalue weighted by molar-refractivity contribution is 6.32. The lowest BCUT2D eigenvalue weighted by molar-refractivity contribution is -0.154. The van der Waals surface area contributed by atoms with Crippen molar-refractivity contribution in [2.75, 3.05) is 6.79 Å². The Morgan fingerprint density at radius 3 is 2.45 bits per heavy atom. The summed E-state index contributed by atoms with van der Waals surface area (Å²) in [6.45, 7) is 6.77. The maximum atomic E-state index is 14.2. The van der Waals surface area contributed by atoms with Gasteiger partial charge in [-0.15, -0.1) is 0 Å². The summed E-state index contributed by atoms with van der Waals surface area (Å²) in [6.07, 6.45) is 4.77. The van der Waals surface area contributed by atoms with Crippen LogP contribution in [-0.4, -0.2) is 40.8 Å². The molecule has 0 radical (unpaired) electrons. The summed E-state index contributed by atoms with van der Waals surface area (Å²) >= 11 is 6.45. The third kappa shape index (κ3) is 5.10. The summed E-state index contributed by atoms with van der Waals surface area (Å²) in [7, 11) is 0. The van der Waals surface area contributed by atoms with Crippen LogP contribution in [0.2, 0.25) is 5.02 Å². The fourth-order valence-electron chi connectivity index (χ4n) is 6.65. The monoisotopic (exact) mass is 540 g/mol. The average molecular weight is 541 g/mol. The van der Waals surface area contributed by atoms with Gasteiger partial charge in [-0.1, -0.05) is 82.0 Å². The molecule has 2 N–H and O–H groups in total. The first-order valence-electron chi connectivity index (χ1n) is 13.6. The Kier molecular flexibility index (Phi) is 7.60. The maximum Gasteiger partial charge on any atom is 0.326 e. The minimum Gasteiger partial charge on any atom is -0.480 e. The molecule has 1 saturated heterocycles. The van der Waals surface area contributed by atoms with Gasteiger partial charge in [0, 0.05) is 24.4 Å². The van der Waals surface area contributed by atoms with Gasteiger partial charge in [0.1, 0.15) is 6.04 Å². The third-order valence-electron chi connectivity index (χ3n) is 8.30. The number of amides is 1. The van der Waals surface area contributed by atoms with Crippen molar-refractivity contribution in [2.24, 2.45) is 17.3 Å². The fourth-order valence-corrected chi connectivity index (χ4v) is 6.93. The van der Waals surface area contributed by atoms with Crippen molar-refractivity contribution in [1.82, 2.24) is 10.2 Å². The quantitative estimate of drug-likeness (QED) is 0.481. The van der Waals surface area contributed by atoms with Gasteiger partial charge in [0.05, 0.1) is 11.1 Å². The van der Waals surface area contributed by atoms with Crippen molar-refractivity contribution in [2.45, 2.75) is 77.5 Å². The first-order chi connectivity index (χ1) is 18.2. The van der Waals surface area contributed by atoms with Crippen molar-refractivity contribution in [3.8, 4) is 11.5 Å². The molecule has 2 aliphatic heterocycles. The fraction of sp³-hybridized carbons (Fsp3) is 0.533. The van der Waals surface area contributed by atoms with E-state index in [2.05, 4.69) is 26.1 Å². The molecule has 0 bridgehead atoms. The molecule has 2 aromatic carbocycles. The van der Waals surface area contributed by atoms with Crippen molar-refractivity contribution in [3.05, 3.63) is 58.6 Å². The highest BCUT2D eigenvalue weighted by atomic mass is 35.5. The number of likely N-dealkylation sites (tertiary alicyclic amines) is 1. The topological polar surface area (TPSA) is 88.1 Å². The molecule has 2 heterocycles. The summed E-state index contributed by atoms with van der Waals surface area (Å²) in [5, 5.41) is 14.8. The standard InChI is InChI=1S/C30H37ClN2O5/c1-30(2,3)23-24(32-16-18-14-21(31)27-22(15-18)37-17-38-27)25(19-10-6-4-7-11-19)33(26(23)29(35)36)28(34)20-12-8-5-9-13-20/h4,6-7,10-11,14-15,20,23-26,32H,5,8-9,12-13,16-17H2,1-3H3,(H,35,36)/t23-,24-,25-,26-/m0/s1. The first kappa shape index (κ1) is 26.8. The van der Waals surface area contributed by atoms with Gasteiger partial charge in [-0.05, 0) is 41.5 Å². The molecule has 7 nitrogen and oxygen atoms in total. The van der Waals surface area contributed by atoms with Crippen LogP contribution >= 0.6 is 11.6 Å². The molecular formula is C30H37ClN2O5. The summed E-state index contributed by atoms with van der Waals surface area (Å²) in [5.74, 6) is -0.307. The number of carboxylic acid groups (broad SMARTS) is 1. The molecule has 4 atom stereocenters. The van der Waals surface area contributed by atoms with Gasteiger partial charge < -0.3 is 24.8 Å². The van der Waals surface area contributed by atoms with E-state index in [1.165, 1.54) is 0 Å². The molecule has 0 aromatic heterocycles. The number of aliphatic carboxylic acids is 1. The second kappa shape index (κ2) is 10.8. The predicted octanol–water partition coefficient (Wildman–Crippen LogP) is 5.81. The number of hydrogen-bond acceptors (Lipinski definition) is 5. The molecule has 1 saturated carbocycles. The Balaban J connectivity index is 1.55. The minimum atomic E-state index is -0.953. The van der Waals surface area contributed by atoms with Gasteiger partial charge in [-0.3, -0.25) is 4.79 Å². The van der Waals surface area contributed by atoms with E-state index >= 15 is 0 Å².